The van der Waals surface area contributed by atoms with Gasteiger partial charge in [0.05, 0.1) is 29.7 Å². The van der Waals surface area contributed by atoms with Crippen molar-refractivity contribution in [3.05, 3.63) is 95.1 Å². The highest BCUT2D eigenvalue weighted by molar-refractivity contribution is 6.04. The zero-order valence-electron chi connectivity index (χ0n) is 25.7. The number of carbonyl (C=O) groups excluding carboxylic acids is 1. The summed E-state index contributed by atoms with van der Waals surface area (Å²) >= 11 is 0. The first-order valence-electron chi connectivity index (χ1n) is 16.2. The van der Waals surface area contributed by atoms with Crippen LogP contribution >= 0.6 is 0 Å². The van der Waals surface area contributed by atoms with Gasteiger partial charge < -0.3 is 19.5 Å². The van der Waals surface area contributed by atoms with Crippen LogP contribution in [0.15, 0.2) is 72.8 Å². The quantitative estimate of drug-likeness (QED) is 0.307. The Kier molecular flexibility index (Phi) is 6.82. The highest BCUT2D eigenvalue weighted by Crippen LogP contribution is 2.66. The summed E-state index contributed by atoms with van der Waals surface area (Å²) in [4.78, 5) is 18.5. The molecule has 1 amide bonds. The number of nitrogens with zero attached hydrogens (tertiary/aromatic N) is 2. The molecule has 2 unspecified atom stereocenters. The topological polar surface area (TPSA) is 62.2 Å². The molecule has 1 N–H and O–H groups in total. The molecule has 3 aromatic rings. The van der Waals surface area contributed by atoms with Crippen molar-refractivity contribution >= 4 is 17.7 Å². The van der Waals surface area contributed by atoms with Gasteiger partial charge in [-0.15, -0.1) is 0 Å². The minimum Gasteiger partial charge on any atom is -0.493 e. The van der Waals surface area contributed by atoms with Crippen molar-refractivity contribution in [1.82, 2.24) is 4.90 Å². The van der Waals surface area contributed by atoms with E-state index in [0.29, 0.717) is 42.4 Å². The van der Waals surface area contributed by atoms with Gasteiger partial charge >= 0.3 is 6.18 Å². The molecule has 1 saturated heterocycles. The van der Waals surface area contributed by atoms with Gasteiger partial charge in [0, 0.05) is 29.9 Å². The van der Waals surface area contributed by atoms with Crippen molar-refractivity contribution in [2.75, 3.05) is 25.1 Å². The minimum atomic E-state index is -4.48. The summed E-state index contributed by atoms with van der Waals surface area (Å²) in [6, 6.07) is 17.8. The molecule has 3 aromatic carbocycles. The van der Waals surface area contributed by atoms with E-state index >= 15 is 0 Å². The maximum atomic E-state index is 14.2. The van der Waals surface area contributed by atoms with Crippen LogP contribution in [0.3, 0.4) is 0 Å². The lowest BCUT2D eigenvalue weighted by Crippen LogP contribution is -2.78. The second-order valence-electron chi connectivity index (χ2n) is 13.6. The van der Waals surface area contributed by atoms with Gasteiger partial charge in [-0.05, 0) is 98.5 Å². The molecule has 2 saturated carbocycles. The van der Waals surface area contributed by atoms with Gasteiger partial charge in [0.25, 0.3) is 5.91 Å². The number of benzene rings is 3. The number of hydrogen-bond donors (Lipinski definition) is 1. The molecule has 2 aliphatic heterocycles. The van der Waals surface area contributed by atoms with Crippen LogP contribution in [0.5, 0.6) is 11.5 Å². The molecule has 2 heterocycles. The van der Waals surface area contributed by atoms with Gasteiger partial charge in [-0.3, -0.25) is 9.69 Å². The van der Waals surface area contributed by atoms with Crippen molar-refractivity contribution in [3.8, 4) is 11.5 Å². The number of ether oxygens (including phenoxy) is 2. The first kappa shape index (κ1) is 29.6. The van der Waals surface area contributed by atoms with Crippen molar-refractivity contribution < 1.29 is 32.5 Å². The maximum Gasteiger partial charge on any atom is 0.416 e. The number of aliphatic hydroxyl groups is 1. The Hall–Kier alpha value is -3.82. The van der Waals surface area contributed by atoms with E-state index in [2.05, 4.69) is 11.0 Å². The average molecular weight is 631 g/mol. The first-order chi connectivity index (χ1) is 22.1. The number of alkyl halides is 3. The van der Waals surface area contributed by atoms with Gasteiger partial charge in [0.2, 0.25) is 0 Å². The predicted molar refractivity (Wildman–Crippen MR) is 168 cm³/mol. The lowest BCUT2D eigenvalue weighted by atomic mass is 9.48. The number of amides is 1. The molecule has 0 radical (unpaired) electrons. The number of hydrogen-bond acceptors (Lipinski definition) is 5. The van der Waals surface area contributed by atoms with E-state index < -0.39 is 34.9 Å². The van der Waals surface area contributed by atoms with Gasteiger partial charge in [0.1, 0.15) is 6.10 Å². The third-order valence-electron chi connectivity index (χ3n) is 11.2. The Bertz CT molecular complexity index is 1710. The highest BCUT2D eigenvalue weighted by Gasteiger charge is 2.73. The maximum absolute atomic E-state index is 14.2. The van der Waals surface area contributed by atoms with Crippen LogP contribution in [0.2, 0.25) is 0 Å². The Labute approximate surface area is 266 Å². The van der Waals surface area contributed by atoms with Crippen LogP contribution in [-0.4, -0.2) is 59.9 Å². The zero-order valence-corrected chi connectivity index (χ0v) is 25.7. The SMILES string of the molecule is COc1ccc2c3c1OC1C(N(C(=O)/C=C/c4cccc(C(F)(F)F)c4)c4ccccc4)CC[C@@]4(O)[C@@H](C2)N(CC2CC2)CC[C@]314. The second kappa shape index (κ2) is 10.6. The summed E-state index contributed by atoms with van der Waals surface area (Å²) in [6.07, 6.45) is 2.64. The summed E-state index contributed by atoms with van der Waals surface area (Å²) in [7, 11) is 1.62. The molecular weight excluding hydrogens is 593 g/mol. The molecule has 5 aliphatic rings. The van der Waals surface area contributed by atoms with Gasteiger partial charge in [0.15, 0.2) is 11.5 Å². The summed E-state index contributed by atoms with van der Waals surface area (Å²) in [5, 5.41) is 13.0. The van der Waals surface area contributed by atoms with Crippen LogP contribution in [0.25, 0.3) is 6.08 Å². The third kappa shape index (κ3) is 4.42. The number of methoxy groups -OCH3 is 1. The Morgan fingerprint density at radius 2 is 1.89 bits per heavy atom. The molecule has 3 aliphatic carbocycles. The van der Waals surface area contributed by atoms with E-state index in [9.17, 15) is 23.1 Å². The average Bonchev–Trinajstić information content (AvgIpc) is 3.80. The van der Waals surface area contributed by atoms with E-state index in [4.69, 9.17) is 9.47 Å². The number of piperidine rings is 1. The Balaban J connectivity index is 1.21. The number of rotatable bonds is 7. The van der Waals surface area contributed by atoms with E-state index in [1.807, 2.05) is 36.4 Å². The van der Waals surface area contributed by atoms with Crippen LogP contribution < -0.4 is 14.4 Å². The zero-order chi connectivity index (χ0) is 31.8. The molecule has 9 heteroatoms. The smallest absolute Gasteiger partial charge is 0.416 e. The summed E-state index contributed by atoms with van der Waals surface area (Å²) in [6.45, 7) is 1.83. The first-order valence-corrected chi connectivity index (χ1v) is 16.2. The van der Waals surface area contributed by atoms with E-state index in [1.165, 1.54) is 31.1 Å². The molecule has 6 nitrogen and oxygen atoms in total. The van der Waals surface area contributed by atoms with E-state index in [1.54, 1.807) is 18.1 Å². The number of para-hydroxylation sites is 1. The standard InChI is InChI=1S/C37H37F3N2O4/c1-45-29-14-13-25-21-30-36(44)17-16-28(34-35(36,32(25)33(29)46-34)18-19-41(30)22-24-10-11-24)42(27-8-3-2-4-9-27)31(43)15-12-23-6-5-7-26(20-23)37(38,39)40/h2-9,12-15,20,24,28,30,34,44H,10-11,16-19,21-22H2,1H3/b15-12+/t28?,30-,34?,35+,36-/m1/s1. The normalized spacial score (nSPS) is 29.7. The summed E-state index contributed by atoms with van der Waals surface area (Å²) in [5.41, 5.74) is 0.571. The lowest BCUT2D eigenvalue weighted by Gasteiger charge is -2.64. The van der Waals surface area contributed by atoms with Crippen molar-refractivity contribution in [1.29, 1.82) is 0 Å². The van der Waals surface area contributed by atoms with Gasteiger partial charge in [-0.2, -0.15) is 13.2 Å². The molecule has 0 aromatic heterocycles. The lowest BCUT2D eigenvalue weighted by molar-refractivity contribution is -0.189. The number of anilines is 1. The molecule has 5 atom stereocenters. The molecule has 1 spiro atoms. The monoisotopic (exact) mass is 630 g/mol. The fraction of sp³-hybridized carbons (Fsp3) is 0.432. The number of carbonyl (C=O) groups is 1. The molecule has 8 rings (SSSR count). The van der Waals surface area contributed by atoms with Gasteiger partial charge in [-0.25, -0.2) is 0 Å². The van der Waals surface area contributed by atoms with Gasteiger partial charge in [-0.1, -0.05) is 36.4 Å². The van der Waals surface area contributed by atoms with Crippen LogP contribution in [-0.2, 0) is 22.8 Å². The van der Waals surface area contributed by atoms with Crippen LogP contribution in [0.1, 0.15) is 54.4 Å². The predicted octanol–water partition coefficient (Wildman–Crippen LogP) is 6.39. The fourth-order valence-corrected chi connectivity index (χ4v) is 9.01. The van der Waals surface area contributed by atoms with Crippen LogP contribution in [0.4, 0.5) is 18.9 Å². The fourth-order valence-electron chi connectivity index (χ4n) is 9.01. The summed E-state index contributed by atoms with van der Waals surface area (Å²) < 4.78 is 52.9. The largest absolute Gasteiger partial charge is 0.493 e. The van der Waals surface area contributed by atoms with Crippen molar-refractivity contribution in [2.24, 2.45) is 5.92 Å². The van der Waals surface area contributed by atoms with Crippen molar-refractivity contribution in [2.45, 2.75) is 73.9 Å². The molecule has 46 heavy (non-hydrogen) atoms. The molecule has 3 fully saturated rings. The Morgan fingerprint density at radius 3 is 2.63 bits per heavy atom. The molecule has 2 bridgehead atoms. The second-order valence-corrected chi connectivity index (χ2v) is 13.6. The van der Waals surface area contributed by atoms with Crippen LogP contribution in [0, 0.1) is 5.92 Å². The number of halogens is 3. The minimum absolute atomic E-state index is 0.0533. The van der Waals surface area contributed by atoms with E-state index in [-0.39, 0.29) is 17.5 Å². The third-order valence-corrected chi connectivity index (χ3v) is 11.2. The molecule has 240 valence electrons. The summed E-state index contributed by atoms with van der Waals surface area (Å²) in [5.74, 6) is 1.60. The Morgan fingerprint density at radius 1 is 1.09 bits per heavy atom. The highest BCUT2D eigenvalue weighted by atomic mass is 19.4. The molecular formula is C37H37F3N2O4. The number of likely N-dealkylation sites (tertiary alicyclic amines) is 1. The van der Waals surface area contributed by atoms with E-state index in [0.717, 1.165) is 42.8 Å². The van der Waals surface area contributed by atoms with Crippen molar-refractivity contribution in [3.63, 3.8) is 0 Å².